The molecular weight excluding hydrogens is 236 g/mol. The van der Waals surface area contributed by atoms with Crippen molar-refractivity contribution in [3.05, 3.63) is 54.6 Å². The Morgan fingerprint density at radius 1 is 0.947 bits per heavy atom. The highest BCUT2D eigenvalue weighted by Gasteiger charge is 1.99. The largest absolute Gasteiger partial charge is 0.361 e. The topological polar surface area (TPSA) is 51.8 Å². The third kappa shape index (κ3) is 3.65. The molecule has 2 aromatic carbocycles. The van der Waals surface area contributed by atoms with Gasteiger partial charge >= 0.3 is 0 Å². The van der Waals surface area contributed by atoms with Crippen LogP contribution in [0.15, 0.2) is 64.8 Å². The second-order valence-corrected chi connectivity index (χ2v) is 4.07. The van der Waals surface area contributed by atoms with E-state index in [1.54, 1.807) is 0 Å². The number of rotatable bonds is 4. The minimum atomic E-state index is 0.366. The Hall–Kier alpha value is -2.67. The molecule has 0 saturated heterocycles. The Morgan fingerprint density at radius 3 is 2.11 bits per heavy atom. The SMILES string of the molecule is CN(CC#N)c1ccc(N=Nc2ccccc2)cc1. The van der Waals surface area contributed by atoms with Crippen LogP contribution >= 0.6 is 0 Å². The van der Waals surface area contributed by atoms with Gasteiger partial charge in [0.25, 0.3) is 0 Å². The van der Waals surface area contributed by atoms with Crippen molar-refractivity contribution < 1.29 is 0 Å². The highest BCUT2D eigenvalue weighted by molar-refractivity contribution is 5.52. The summed E-state index contributed by atoms with van der Waals surface area (Å²) in [6.45, 7) is 0.366. The molecule has 0 N–H and O–H groups in total. The van der Waals surface area contributed by atoms with Gasteiger partial charge in [-0.1, -0.05) is 18.2 Å². The van der Waals surface area contributed by atoms with Crippen LogP contribution in [0.4, 0.5) is 17.1 Å². The van der Waals surface area contributed by atoms with Gasteiger partial charge < -0.3 is 4.90 Å². The van der Waals surface area contributed by atoms with E-state index < -0.39 is 0 Å². The van der Waals surface area contributed by atoms with Crippen LogP contribution in [0.3, 0.4) is 0 Å². The van der Waals surface area contributed by atoms with Gasteiger partial charge in [-0.25, -0.2) is 0 Å². The molecule has 0 aliphatic carbocycles. The lowest BCUT2D eigenvalue weighted by Crippen LogP contribution is -2.16. The lowest BCUT2D eigenvalue weighted by atomic mass is 10.2. The first-order valence-corrected chi connectivity index (χ1v) is 5.94. The Kier molecular flexibility index (Phi) is 4.25. The van der Waals surface area contributed by atoms with Crippen molar-refractivity contribution >= 4 is 17.1 Å². The molecule has 0 amide bonds. The van der Waals surface area contributed by atoms with Crippen LogP contribution in [0.2, 0.25) is 0 Å². The van der Waals surface area contributed by atoms with E-state index in [2.05, 4.69) is 16.3 Å². The molecule has 94 valence electrons. The maximum absolute atomic E-state index is 8.64. The van der Waals surface area contributed by atoms with Crippen LogP contribution in [0.25, 0.3) is 0 Å². The van der Waals surface area contributed by atoms with Crippen LogP contribution < -0.4 is 4.90 Å². The molecule has 0 atom stereocenters. The summed E-state index contributed by atoms with van der Waals surface area (Å²) >= 11 is 0. The summed E-state index contributed by atoms with van der Waals surface area (Å²) in [7, 11) is 1.88. The van der Waals surface area contributed by atoms with Crippen molar-refractivity contribution in [2.24, 2.45) is 10.2 Å². The molecule has 4 heteroatoms. The summed E-state index contributed by atoms with van der Waals surface area (Å²) < 4.78 is 0. The van der Waals surface area contributed by atoms with E-state index in [0.29, 0.717) is 6.54 Å². The third-order valence-corrected chi connectivity index (χ3v) is 2.64. The lowest BCUT2D eigenvalue weighted by Gasteiger charge is -2.14. The van der Waals surface area contributed by atoms with Crippen LogP contribution in [0.1, 0.15) is 0 Å². The maximum Gasteiger partial charge on any atom is 0.105 e. The zero-order valence-corrected chi connectivity index (χ0v) is 10.7. The fourth-order valence-corrected chi connectivity index (χ4v) is 1.58. The molecule has 0 aromatic heterocycles. The fraction of sp³-hybridized carbons (Fsp3) is 0.133. The van der Waals surface area contributed by atoms with Crippen LogP contribution in [-0.2, 0) is 0 Å². The maximum atomic E-state index is 8.64. The Morgan fingerprint density at radius 2 is 1.53 bits per heavy atom. The zero-order valence-electron chi connectivity index (χ0n) is 10.7. The zero-order chi connectivity index (χ0) is 13.5. The second kappa shape index (κ2) is 6.31. The van der Waals surface area contributed by atoms with Gasteiger partial charge in [0.15, 0.2) is 0 Å². The molecule has 0 heterocycles. The molecule has 0 bridgehead atoms. The quantitative estimate of drug-likeness (QED) is 0.607. The van der Waals surface area contributed by atoms with Crippen molar-refractivity contribution in [2.45, 2.75) is 0 Å². The Bertz CT molecular complexity index is 582. The van der Waals surface area contributed by atoms with Crippen molar-refractivity contribution in [1.29, 1.82) is 5.26 Å². The van der Waals surface area contributed by atoms with Gasteiger partial charge in [0.2, 0.25) is 0 Å². The highest BCUT2D eigenvalue weighted by atomic mass is 15.1. The minimum Gasteiger partial charge on any atom is -0.361 e. The van der Waals surface area contributed by atoms with Gasteiger partial charge in [0.05, 0.1) is 17.4 Å². The molecular formula is C15H14N4. The van der Waals surface area contributed by atoms with E-state index in [1.807, 2.05) is 66.5 Å². The first kappa shape index (κ1) is 12.8. The van der Waals surface area contributed by atoms with Crippen LogP contribution in [0.5, 0.6) is 0 Å². The molecule has 0 spiro atoms. The van der Waals surface area contributed by atoms with E-state index in [-0.39, 0.29) is 0 Å². The highest BCUT2D eigenvalue weighted by Crippen LogP contribution is 2.21. The molecule has 0 radical (unpaired) electrons. The first-order chi connectivity index (χ1) is 9.29. The van der Waals surface area contributed by atoms with Gasteiger partial charge in [0, 0.05) is 12.7 Å². The Labute approximate surface area is 112 Å². The summed E-state index contributed by atoms with van der Waals surface area (Å²) in [6.07, 6.45) is 0. The monoisotopic (exact) mass is 250 g/mol. The van der Waals surface area contributed by atoms with Crippen molar-refractivity contribution in [3.8, 4) is 6.07 Å². The normalized spacial score (nSPS) is 10.3. The molecule has 4 nitrogen and oxygen atoms in total. The molecule has 19 heavy (non-hydrogen) atoms. The summed E-state index contributed by atoms with van der Waals surface area (Å²) in [5.74, 6) is 0. The molecule has 0 aliphatic rings. The van der Waals surface area contributed by atoms with Crippen molar-refractivity contribution in [2.75, 3.05) is 18.5 Å². The van der Waals surface area contributed by atoms with Crippen LogP contribution in [-0.4, -0.2) is 13.6 Å². The number of nitriles is 1. The molecule has 2 aromatic rings. The summed E-state index contributed by atoms with van der Waals surface area (Å²) in [5.41, 5.74) is 2.60. The van der Waals surface area contributed by atoms with Crippen molar-refractivity contribution in [3.63, 3.8) is 0 Å². The van der Waals surface area contributed by atoms with Gasteiger partial charge in [-0.2, -0.15) is 15.5 Å². The van der Waals surface area contributed by atoms with Gasteiger partial charge in [-0.3, -0.25) is 0 Å². The van der Waals surface area contributed by atoms with Gasteiger partial charge in [0.1, 0.15) is 6.54 Å². The minimum absolute atomic E-state index is 0.366. The average molecular weight is 250 g/mol. The summed E-state index contributed by atoms with van der Waals surface area (Å²) in [6, 6.07) is 19.3. The van der Waals surface area contributed by atoms with E-state index >= 15 is 0 Å². The second-order valence-electron chi connectivity index (χ2n) is 4.07. The van der Waals surface area contributed by atoms with Crippen molar-refractivity contribution in [1.82, 2.24) is 0 Å². The third-order valence-electron chi connectivity index (χ3n) is 2.64. The number of hydrogen-bond acceptors (Lipinski definition) is 4. The number of anilines is 1. The Balaban J connectivity index is 2.07. The summed E-state index contributed by atoms with van der Waals surface area (Å²) in [4.78, 5) is 1.87. The number of hydrogen-bond donors (Lipinski definition) is 0. The van der Waals surface area contributed by atoms with E-state index in [4.69, 9.17) is 5.26 Å². The molecule has 0 saturated carbocycles. The smallest absolute Gasteiger partial charge is 0.105 e. The van der Waals surface area contributed by atoms with E-state index in [1.165, 1.54) is 0 Å². The predicted octanol–water partition coefficient (Wildman–Crippen LogP) is 4.06. The van der Waals surface area contributed by atoms with E-state index in [0.717, 1.165) is 17.1 Å². The standard InChI is InChI=1S/C15H14N4/c1-19(12-11-16)15-9-7-14(8-10-15)18-17-13-5-3-2-4-6-13/h2-10H,12H2,1H3. The van der Waals surface area contributed by atoms with Gasteiger partial charge in [-0.15, -0.1) is 0 Å². The number of azo groups is 1. The number of benzene rings is 2. The molecule has 2 rings (SSSR count). The molecule has 0 fully saturated rings. The van der Waals surface area contributed by atoms with Crippen LogP contribution in [0, 0.1) is 11.3 Å². The lowest BCUT2D eigenvalue weighted by molar-refractivity contribution is 1.04. The number of nitrogens with zero attached hydrogens (tertiary/aromatic N) is 4. The van der Waals surface area contributed by atoms with E-state index in [9.17, 15) is 0 Å². The first-order valence-electron chi connectivity index (χ1n) is 5.94. The average Bonchev–Trinajstić information content (AvgIpc) is 2.47. The summed E-state index contributed by atoms with van der Waals surface area (Å²) in [5, 5.41) is 16.9. The fourth-order valence-electron chi connectivity index (χ4n) is 1.58. The molecule has 0 unspecified atom stereocenters. The molecule has 0 aliphatic heterocycles. The van der Waals surface area contributed by atoms with Gasteiger partial charge in [-0.05, 0) is 36.4 Å². The predicted molar refractivity (Wildman–Crippen MR) is 75.9 cm³/mol.